The van der Waals surface area contributed by atoms with Crippen molar-refractivity contribution in [3.05, 3.63) is 0 Å². The van der Waals surface area contributed by atoms with Crippen LogP contribution in [0.25, 0.3) is 0 Å². The molecule has 19 heavy (non-hydrogen) atoms. The summed E-state index contributed by atoms with van der Waals surface area (Å²) in [6, 6.07) is 0.784. The topological polar surface area (TPSA) is 12.0 Å². The minimum atomic E-state index is 0.578. The van der Waals surface area contributed by atoms with E-state index in [4.69, 9.17) is 0 Å². The molecule has 0 spiro atoms. The van der Waals surface area contributed by atoms with E-state index in [0.717, 1.165) is 24.4 Å². The standard InChI is InChI=1S/C18H35N/c1-4-15-10-9-11-16(14-15)17(19-5-2)18(3)12-7-6-8-13-18/h15-17,19H,4-14H2,1-3H3. The molecular formula is C18H35N. The number of hydrogen-bond donors (Lipinski definition) is 1. The van der Waals surface area contributed by atoms with Crippen LogP contribution in [0.5, 0.6) is 0 Å². The molecule has 0 saturated heterocycles. The second-order valence-electron chi connectivity index (χ2n) is 7.45. The Morgan fingerprint density at radius 2 is 1.79 bits per heavy atom. The van der Waals surface area contributed by atoms with Crippen LogP contribution < -0.4 is 5.32 Å². The van der Waals surface area contributed by atoms with E-state index in [9.17, 15) is 0 Å². The molecule has 0 aliphatic heterocycles. The van der Waals surface area contributed by atoms with Gasteiger partial charge in [0.1, 0.15) is 0 Å². The van der Waals surface area contributed by atoms with Crippen molar-refractivity contribution in [2.45, 2.75) is 91.0 Å². The smallest absolute Gasteiger partial charge is 0.0149 e. The first-order chi connectivity index (χ1) is 9.19. The van der Waals surface area contributed by atoms with Crippen molar-refractivity contribution in [2.75, 3.05) is 6.54 Å². The summed E-state index contributed by atoms with van der Waals surface area (Å²) in [4.78, 5) is 0. The van der Waals surface area contributed by atoms with Crippen molar-refractivity contribution in [2.24, 2.45) is 17.3 Å². The van der Waals surface area contributed by atoms with E-state index in [1.807, 2.05) is 0 Å². The van der Waals surface area contributed by atoms with Crippen LogP contribution in [0.4, 0.5) is 0 Å². The van der Waals surface area contributed by atoms with Gasteiger partial charge < -0.3 is 5.32 Å². The lowest BCUT2D eigenvalue weighted by Crippen LogP contribution is -2.50. The van der Waals surface area contributed by atoms with Gasteiger partial charge in [0.15, 0.2) is 0 Å². The maximum absolute atomic E-state index is 3.91. The molecule has 2 rings (SSSR count). The first kappa shape index (κ1) is 15.4. The monoisotopic (exact) mass is 265 g/mol. The molecule has 3 atom stereocenters. The van der Waals surface area contributed by atoms with Gasteiger partial charge in [0, 0.05) is 6.04 Å². The number of nitrogens with one attached hydrogen (secondary N) is 1. The van der Waals surface area contributed by atoms with E-state index in [-0.39, 0.29) is 0 Å². The van der Waals surface area contributed by atoms with Crippen molar-refractivity contribution in [1.82, 2.24) is 5.32 Å². The fourth-order valence-corrected chi connectivity index (χ4v) is 4.88. The van der Waals surface area contributed by atoms with Gasteiger partial charge in [0.2, 0.25) is 0 Å². The molecule has 0 heterocycles. The largest absolute Gasteiger partial charge is 0.313 e. The van der Waals surface area contributed by atoms with E-state index in [1.54, 1.807) is 0 Å². The van der Waals surface area contributed by atoms with E-state index >= 15 is 0 Å². The van der Waals surface area contributed by atoms with E-state index in [1.165, 1.54) is 64.2 Å². The molecule has 2 saturated carbocycles. The molecule has 0 radical (unpaired) electrons. The molecule has 1 N–H and O–H groups in total. The minimum Gasteiger partial charge on any atom is -0.313 e. The van der Waals surface area contributed by atoms with Crippen LogP contribution in [0.15, 0.2) is 0 Å². The van der Waals surface area contributed by atoms with Crippen LogP contribution in [0.1, 0.15) is 85.0 Å². The summed E-state index contributed by atoms with van der Waals surface area (Å²) in [6.07, 6.45) is 14.6. The van der Waals surface area contributed by atoms with E-state index in [0.29, 0.717) is 5.41 Å². The molecule has 3 unspecified atom stereocenters. The maximum atomic E-state index is 3.91. The zero-order chi connectivity index (χ0) is 13.7. The second-order valence-corrected chi connectivity index (χ2v) is 7.45. The number of hydrogen-bond acceptors (Lipinski definition) is 1. The molecule has 0 amide bonds. The number of rotatable bonds is 5. The Bertz CT molecular complexity index is 254. The van der Waals surface area contributed by atoms with Gasteiger partial charge in [-0.25, -0.2) is 0 Å². The summed E-state index contributed by atoms with van der Waals surface area (Å²) in [6.45, 7) is 8.40. The van der Waals surface area contributed by atoms with Crippen LogP contribution in [0, 0.1) is 17.3 Å². The summed E-state index contributed by atoms with van der Waals surface area (Å²) in [7, 11) is 0. The molecule has 0 aromatic heterocycles. The Kier molecular flexibility index (Phi) is 5.74. The average Bonchev–Trinajstić information content (AvgIpc) is 2.45. The highest BCUT2D eigenvalue weighted by atomic mass is 14.9. The molecule has 2 fully saturated rings. The highest BCUT2D eigenvalue weighted by Crippen LogP contribution is 2.45. The zero-order valence-electron chi connectivity index (χ0n) is 13.5. The predicted octanol–water partition coefficient (Wildman–Crippen LogP) is 5.15. The van der Waals surface area contributed by atoms with Crippen LogP contribution in [0.2, 0.25) is 0 Å². The third-order valence-electron chi connectivity index (χ3n) is 6.04. The van der Waals surface area contributed by atoms with Crippen LogP contribution in [0.3, 0.4) is 0 Å². The van der Waals surface area contributed by atoms with Gasteiger partial charge in [-0.2, -0.15) is 0 Å². The minimum absolute atomic E-state index is 0.578. The van der Waals surface area contributed by atoms with Crippen molar-refractivity contribution in [1.29, 1.82) is 0 Å². The quantitative estimate of drug-likeness (QED) is 0.724. The highest BCUT2D eigenvalue weighted by molar-refractivity contribution is 4.95. The fourth-order valence-electron chi connectivity index (χ4n) is 4.88. The lowest BCUT2D eigenvalue weighted by molar-refractivity contribution is 0.0737. The summed E-state index contributed by atoms with van der Waals surface area (Å²) in [5.74, 6) is 1.95. The molecule has 1 nitrogen and oxygen atoms in total. The molecule has 112 valence electrons. The Morgan fingerprint density at radius 1 is 1.05 bits per heavy atom. The van der Waals surface area contributed by atoms with E-state index < -0.39 is 0 Å². The van der Waals surface area contributed by atoms with Crippen molar-refractivity contribution in [3.63, 3.8) is 0 Å². The molecule has 0 aromatic carbocycles. The first-order valence-corrected chi connectivity index (χ1v) is 8.93. The van der Waals surface area contributed by atoms with Crippen LogP contribution in [-0.4, -0.2) is 12.6 Å². The lowest BCUT2D eigenvalue weighted by Gasteiger charge is -2.47. The second kappa shape index (κ2) is 7.11. The SMILES string of the molecule is CCNC(C1CCCC(CC)C1)C1(C)CCCCC1. The molecular weight excluding hydrogens is 230 g/mol. The third-order valence-corrected chi connectivity index (χ3v) is 6.04. The van der Waals surface area contributed by atoms with Crippen LogP contribution >= 0.6 is 0 Å². The lowest BCUT2D eigenvalue weighted by atomic mass is 9.63. The van der Waals surface area contributed by atoms with Crippen molar-refractivity contribution >= 4 is 0 Å². The van der Waals surface area contributed by atoms with E-state index in [2.05, 4.69) is 26.1 Å². The van der Waals surface area contributed by atoms with Gasteiger partial charge in [-0.1, -0.05) is 59.3 Å². The van der Waals surface area contributed by atoms with Gasteiger partial charge in [-0.05, 0) is 49.5 Å². The van der Waals surface area contributed by atoms with Crippen LogP contribution in [-0.2, 0) is 0 Å². The van der Waals surface area contributed by atoms with Gasteiger partial charge in [0.25, 0.3) is 0 Å². The van der Waals surface area contributed by atoms with Gasteiger partial charge in [-0.3, -0.25) is 0 Å². The maximum Gasteiger partial charge on any atom is 0.0149 e. The third kappa shape index (κ3) is 3.74. The summed E-state index contributed by atoms with van der Waals surface area (Å²) >= 11 is 0. The highest BCUT2D eigenvalue weighted by Gasteiger charge is 2.40. The molecule has 1 heteroatoms. The summed E-state index contributed by atoms with van der Waals surface area (Å²) in [5, 5.41) is 3.91. The molecule has 0 bridgehead atoms. The Hall–Kier alpha value is -0.0400. The summed E-state index contributed by atoms with van der Waals surface area (Å²) < 4.78 is 0. The predicted molar refractivity (Wildman–Crippen MR) is 84.4 cm³/mol. The van der Waals surface area contributed by atoms with Crippen molar-refractivity contribution in [3.8, 4) is 0 Å². The average molecular weight is 265 g/mol. The fraction of sp³-hybridized carbons (Fsp3) is 1.00. The van der Waals surface area contributed by atoms with Crippen molar-refractivity contribution < 1.29 is 0 Å². The van der Waals surface area contributed by atoms with Gasteiger partial charge in [-0.15, -0.1) is 0 Å². The first-order valence-electron chi connectivity index (χ1n) is 8.93. The molecule has 0 aromatic rings. The summed E-state index contributed by atoms with van der Waals surface area (Å²) in [5.41, 5.74) is 0.578. The van der Waals surface area contributed by atoms with Gasteiger partial charge >= 0.3 is 0 Å². The zero-order valence-corrected chi connectivity index (χ0v) is 13.5. The molecule has 2 aliphatic carbocycles. The Labute approximate surface area is 120 Å². The Morgan fingerprint density at radius 3 is 2.42 bits per heavy atom. The molecule has 2 aliphatic rings. The Balaban J connectivity index is 2.05. The van der Waals surface area contributed by atoms with Gasteiger partial charge in [0.05, 0.1) is 0 Å². The normalized spacial score (nSPS) is 33.0.